The zero-order valence-corrected chi connectivity index (χ0v) is 9.11. The van der Waals surface area contributed by atoms with Crippen LogP contribution in [0, 0.1) is 0 Å². The van der Waals surface area contributed by atoms with E-state index in [1.165, 1.54) is 6.20 Å². The minimum absolute atomic E-state index is 0.0699. The molecule has 0 atom stereocenters. The summed E-state index contributed by atoms with van der Waals surface area (Å²) in [6.07, 6.45) is 4.29. The van der Waals surface area contributed by atoms with E-state index in [9.17, 15) is 8.42 Å². The van der Waals surface area contributed by atoms with Gasteiger partial charge < -0.3 is 4.98 Å². The van der Waals surface area contributed by atoms with Crippen molar-refractivity contribution in [2.75, 3.05) is 16.4 Å². The van der Waals surface area contributed by atoms with Gasteiger partial charge in [-0.05, 0) is 12.8 Å². The molecule has 0 bridgehead atoms. The Hall–Kier alpha value is -0.750. The second-order valence-electron chi connectivity index (χ2n) is 2.75. The molecule has 1 aromatic rings. The number of unbranched alkanes of at least 4 members (excludes halogenated alkanes) is 1. The van der Waals surface area contributed by atoms with Gasteiger partial charge in [0, 0.05) is 18.3 Å². The van der Waals surface area contributed by atoms with Crippen molar-refractivity contribution >= 4 is 27.6 Å². The molecule has 1 heterocycles. The van der Waals surface area contributed by atoms with Crippen molar-refractivity contribution in [3.8, 4) is 0 Å². The zero-order chi connectivity index (χ0) is 10.4. The number of hydrogen-bond donors (Lipinski definition) is 2. The van der Waals surface area contributed by atoms with Crippen LogP contribution >= 0.6 is 11.6 Å². The molecule has 0 radical (unpaired) electrons. The maximum atomic E-state index is 11.4. The molecule has 1 aromatic heterocycles. The number of sulfonamides is 1. The van der Waals surface area contributed by atoms with E-state index >= 15 is 0 Å². The van der Waals surface area contributed by atoms with Crippen LogP contribution in [-0.4, -0.2) is 30.0 Å². The van der Waals surface area contributed by atoms with Crippen LogP contribution in [0.3, 0.4) is 0 Å². The summed E-state index contributed by atoms with van der Waals surface area (Å²) in [5, 5.41) is 0. The number of anilines is 1. The van der Waals surface area contributed by atoms with Crippen molar-refractivity contribution in [2.45, 2.75) is 12.8 Å². The van der Waals surface area contributed by atoms with E-state index in [0.29, 0.717) is 18.7 Å². The number of nitrogens with zero attached hydrogens (tertiary/aromatic N) is 1. The van der Waals surface area contributed by atoms with Crippen LogP contribution in [0.25, 0.3) is 0 Å². The van der Waals surface area contributed by atoms with Gasteiger partial charge in [0.25, 0.3) is 0 Å². The number of aromatic amines is 1. The van der Waals surface area contributed by atoms with Gasteiger partial charge in [0.05, 0.1) is 5.75 Å². The summed E-state index contributed by atoms with van der Waals surface area (Å²) in [6.45, 7) is 0. The second kappa shape index (κ2) is 5.21. The molecule has 0 aliphatic heterocycles. The van der Waals surface area contributed by atoms with E-state index in [1.807, 2.05) is 0 Å². The van der Waals surface area contributed by atoms with Crippen LogP contribution in [0.2, 0.25) is 0 Å². The summed E-state index contributed by atoms with van der Waals surface area (Å²) < 4.78 is 25.0. The monoisotopic (exact) mass is 237 g/mol. The Bertz CT molecular complexity index is 349. The third kappa shape index (κ3) is 3.97. The average Bonchev–Trinajstić information content (AvgIpc) is 2.56. The lowest BCUT2D eigenvalue weighted by molar-refractivity contribution is 0.597. The van der Waals surface area contributed by atoms with E-state index < -0.39 is 10.0 Å². The van der Waals surface area contributed by atoms with Gasteiger partial charge in [-0.1, -0.05) is 0 Å². The largest absolute Gasteiger partial charge is 0.330 e. The average molecular weight is 238 g/mol. The van der Waals surface area contributed by atoms with Crippen LogP contribution in [-0.2, 0) is 10.0 Å². The molecular weight excluding hydrogens is 226 g/mol. The number of rotatable bonds is 6. The summed E-state index contributed by atoms with van der Waals surface area (Å²) in [6, 6.07) is 0. The molecule has 14 heavy (non-hydrogen) atoms. The SMILES string of the molecule is O=S(=O)(CCCCCl)Nc1ncc[nH]1. The van der Waals surface area contributed by atoms with Crippen molar-refractivity contribution in [1.29, 1.82) is 0 Å². The maximum Gasteiger partial charge on any atom is 0.234 e. The van der Waals surface area contributed by atoms with Gasteiger partial charge in [-0.2, -0.15) is 0 Å². The fraction of sp³-hybridized carbons (Fsp3) is 0.571. The Balaban J connectivity index is 2.42. The molecule has 0 saturated heterocycles. The first-order chi connectivity index (χ1) is 6.64. The number of hydrogen-bond acceptors (Lipinski definition) is 3. The standard InChI is InChI=1S/C7H12ClN3O2S/c8-3-1-2-6-14(12,13)11-7-9-4-5-10-7/h4-5H,1-3,6H2,(H2,9,10,11). The highest BCUT2D eigenvalue weighted by molar-refractivity contribution is 7.92. The Kier molecular flexibility index (Phi) is 4.21. The number of aromatic nitrogens is 2. The molecular formula is C7H12ClN3O2S. The van der Waals surface area contributed by atoms with Gasteiger partial charge in [0.1, 0.15) is 0 Å². The predicted molar refractivity (Wildman–Crippen MR) is 56.0 cm³/mol. The number of alkyl halides is 1. The first-order valence-corrected chi connectivity index (χ1v) is 6.38. The third-order valence-electron chi connectivity index (χ3n) is 1.55. The smallest absolute Gasteiger partial charge is 0.234 e. The second-order valence-corrected chi connectivity index (χ2v) is 4.97. The quantitative estimate of drug-likeness (QED) is 0.576. The molecule has 80 valence electrons. The summed E-state index contributed by atoms with van der Waals surface area (Å²) in [7, 11) is -3.28. The van der Waals surface area contributed by atoms with E-state index in [4.69, 9.17) is 11.6 Å². The number of imidazole rings is 1. The molecule has 0 aliphatic rings. The summed E-state index contributed by atoms with van der Waals surface area (Å²) in [5.41, 5.74) is 0. The molecule has 2 N–H and O–H groups in total. The maximum absolute atomic E-state index is 11.4. The van der Waals surface area contributed by atoms with Crippen molar-refractivity contribution in [2.24, 2.45) is 0 Å². The molecule has 0 spiro atoms. The molecule has 0 saturated carbocycles. The third-order valence-corrected chi connectivity index (χ3v) is 3.14. The molecule has 0 amide bonds. The van der Waals surface area contributed by atoms with Gasteiger partial charge in [-0.3, -0.25) is 4.72 Å². The Morgan fingerprint density at radius 3 is 2.86 bits per heavy atom. The molecule has 0 aliphatic carbocycles. The lowest BCUT2D eigenvalue weighted by atomic mass is 10.4. The molecule has 5 nitrogen and oxygen atoms in total. The first-order valence-electron chi connectivity index (χ1n) is 4.20. The molecule has 1 rings (SSSR count). The van der Waals surface area contributed by atoms with E-state index in [2.05, 4.69) is 14.7 Å². The fourth-order valence-electron chi connectivity index (χ4n) is 0.906. The van der Waals surface area contributed by atoms with Crippen molar-refractivity contribution in [3.63, 3.8) is 0 Å². The van der Waals surface area contributed by atoms with Crippen LogP contribution in [0.15, 0.2) is 12.4 Å². The number of nitrogens with one attached hydrogen (secondary N) is 2. The van der Waals surface area contributed by atoms with Gasteiger partial charge in [0.2, 0.25) is 16.0 Å². The molecule has 0 fully saturated rings. The Morgan fingerprint density at radius 2 is 2.29 bits per heavy atom. The summed E-state index contributed by atoms with van der Waals surface area (Å²) in [5.74, 6) is 0.798. The van der Waals surface area contributed by atoms with Gasteiger partial charge in [-0.15, -0.1) is 11.6 Å². The normalized spacial score (nSPS) is 11.5. The number of halogens is 1. The fourth-order valence-corrected chi connectivity index (χ4v) is 2.19. The summed E-state index contributed by atoms with van der Waals surface area (Å²) >= 11 is 5.44. The highest BCUT2D eigenvalue weighted by Gasteiger charge is 2.10. The van der Waals surface area contributed by atoms with Crippen LogP contribution < -0.4 is 4.72 Å². The zero-order valence-electron chi connectivity index (χ0n) is 7.53. The molecule has 0 aromatic carbocycles. The first kappa shape index (κ1) is 11.3. The van der Waals surface area contributed by atoms with E-state index in [1.54, 1.807) is 6.20 Å². The minimum Gasteiger partial charge on any atom is -0.330 e. The van der Waals surface area contributed by atoms with E-state index in [-0.39, 0.29) is 11.7 Å². The van der Waals surface area contributed by atoms with E-state index in [0.717, 1.165) is 0 Å². The highest BCUT2D eigenvalue weighted by Crippen LogP contribution is 2.03. The molecule has 0 unspecified atom stereocenters. The van der Waals surface area contributed by atoms with Gasteiger partial charge in [-0.25, -0.2) is 13.4 Å². The Morgan fingerprint density at radius 1 is 1.50 bits per heavy atom. The lowest BCUT2D eigenvalue weighted by Crippen LogP contribution is -2.17. The minimum atomic E-state index is -3.28. The van der Waals surface area contributed by atoms with Crippen molar-refractivity contribution < 1.29 is 8.42 Å². The van der Waals surface area contributed by atoms with Crippen molar-refractivity contribution in [1.82, 2.24) is 9.97 Å². The Labute approximate surface area is 87.9 Å². The topological polar surface area (TPSA) is 74.8 Å². The summed E-state index contributed by atoms with van der Waals surface area (Å²) in [4.78, 5) is 6.41. The van der Waals surface area contributed by atoms with Crippen LogP contribution in [0.1, 0.15) is 12.8 Å². The highest BCUT2D eigenvalue weighted by atomic mass is 35.5. The van der Waals surface area contributed by atoms with Crippen LogP contribution in [0.4, 0.5) is 5.95 Å². The molecule has 7 heteroatoms. The van der Waals surface area contributed by atoms with Crippen LogP contribution in [0.5, 0.6) is 0 Å². The predicted octanol–water partition coefficient (Wildman–Crippen LogP) is 1.17. The van der Waals surface area contributed by atoms with Crippen molar-refractivity contribution in [3.05, 3.63) is 12.4 Å². The van der Waals surface area contributed by atoms with Gasteiger partial charge >= 0.3 is 0 Å². The lowest BCUT2D eigenvalue weighted by Gasteiger charge is -2.03. The van der Waals surface area contributed by atoms with Gasteiger partial charge in [0.15, 0.2) is 0 Å². The number of H-pyrrole nitrogens is 1.